The summed E-state index contributed by atoms with van der Waals surface area (Å²) in [7, 11) is 0. The van der Waals surface area contributed by atoms with Gasteiger partial charge < -0.3 is 9.64 Å². The Morgan fingerprint density at radius 1 is 1.00 bits per heavy atom. The van der Waals surface area contributed by atoms with Gasteiger partial charge in [0, 0.05) is 30.4 Å². The Morgan fingerprint density at radius 3 is 2.34 bits per heavy atom. The number of hydrogen-bond acceptors (Lipinski definition) is 5. The lowest BCUT2D eigenvalue weighted by molar-refractivity contribution is -0.113. The Balaban J connectivity index is 1.48. The second-order valence-corrected chi connectivity index (χ2v) is 9.06. The average molecular weight is 445 g/mol. The summed E-state index contributed by atoms with van der Waals surface area (Å²) in [5, 5.41) is 5.58. The molecule has 32 heavy (non-hydrogen) atoms. The van der Waals surface area contributed by atoms with Gasteiger partial charge in [0.05, 0.1) is 28.5 Å². The number of hydrogen-bond donors (Lipinski definition) is 0. The molecule has 6 nitrogen and oxygen atoms in total. The first kappa shape index (κ1) is 20.7. The third kappa shape index (κ3) is 4.26. The molecule has 2 unspecified atom stereocenters. The van der Waals surface area contributed by atoms with E-state index in [0.717, 1.165) is 40.8 Å². The molecule has 2 aliphatic rings. The van der Waals surface area contributed by atoms with E-state index in [1.165, 1.54) is 11.8 Å². The molecule has 2 aliphatic heterocycles. The van der Waals surface area contributed by atoms with Crippen LogP contribution in [0.25, 0.3) is 23.0 Å². The second kappa shape index (κ2) is 8.76. The Morgan fingerprint density at radius 2 is 1.66 bits per heavy atom. The van der Waals surface area contributed by atoms with Crippen LogP contribution in [0.2, 0.25) is 0 Å². The number of benzene rings is 2. The standard InChI is InChI=1S/C25H24N4O2S/c1-17-14-28(15-18(2)31-17)25-26-24(30)22(32-25)13-20-16-29(21-11-7-4-8-12-21)27-23(20)19-9-5-3-6-10-19/h3-13,16-18H,14-15H2,1-2H3/b22-13-. The maximum atomic E-state index is 12.8. The van der Waals surface area contributed by atoms with Gasteiger partial charge >= 0.3 is 0 Å². The maximum absolute atomic E-state index is 12.8. The minimum Gasteiger partial charge on any atom is -0.372 e. The molecule has 0 aliphatic carbocycles. The highest BCUT2D eigenvalue weighted by Gasteiger charge is 2.31. The molecule has 162 valence electrons. The molecular formula is C25H24N4O2S. The lowest BCUT2D eigenvalue weighted by Gasteiger charge is -2.35. The fourth-order valence-electron chi connectivity index (χ4n) is 4.03. The van der Waals surface area contributed by atoms with Gasteiger partial charge in [-0.15, -0.1) is 0 Å². The van der Waals surface area contributed by atoms with E-state index in [1.54, 1.807) is 0 Å². The average Bonchev–Trinajstić information content (AvgIpc) is 3.38. The van der Waals surface area contributed by atoms with Crippen LogP contribution in [0, 0.1) is 0 Å². The van der Waals surface area contributed by atoms with Gasteiger partial charge in [0.25, 0.3) is 5.91 Å². The number of amides is 1. The first-order valence-electron chi connectivity index (χ1n) is 10.7. The van der Waals surface area contributed by atoms with Crippen molar-refractivity contribution >= 4 is 28.9 Å². The summed E-state index contributed by atoms with van der Waals surface area (Å²) in [6.07, 6.45) is 4.10. The lowest BCUT2D eigenvalue weighted by Crippen LogP contribution is -2.47. The van der Waals surface area contributed by atoms with Crippen LogP contribution in [0.4, 0.5) is 0 Å². The molecule has 1 saturated heterocycles. The first-order valence-corrected chi connectivity index (χ1v) is 11.5. The molecule has 5 rings (SSSR count). The molecule has 3 aromatic rings. The van der Waals surface area contributed by atoms with Crippen molar-refractivity contribution < 1.29 is 9.53 Å². The van der Waals surface area contributed by atoms with Crippen LogP contribution in [-0.4, -0.2) is 51.1 Å². The zero-order chi connectivity index (χ0) is 22.1. The summed E-state index contributed by atoms with van der Waals surface area (Å²) in [6.45, 7) is 5.56. The van der Waals surface area contributed by atoms with Gasteiger partial charge in [0.1, 0.15) is 0 Å². The first-order chi connectivity index (χ1) is 15.6. The molecule has 0 N–H and O–H groups in total. The number of thioether (sulfide) groups is 1. The molecule has 0 saturated carbocycles. The van der Waals surface area contributed by atoms with Gasteiger partial charge in [-0.3, -0.25) is 4.79 Å². The lowest BCUT2D eigenvalue weighted by atomic mass is 10.1. The van der Waals surface area contributed by atoms with E-state index in [-0.39, 0.29) is 18.1 Å². The highest BCUT2D eigenvalue weighted by atomic mass is 32.2. The summed E-state index contributed by atoms with van der Waals surface area (Å²) in [5.41, 5.74) is 3.68. The fraction of sp³-hybridized carbons (Fsp3) is 0.240. The normalized spacial score (nSPS) is 22.4. The predicted molar refractivity (Wildman–Crippen MR) is 129 cm³/mol. The quantitative estimate of drug-likeness (QED) is 0.552. The van der Waals surface area contributed by atoms with Gasteiger partial charge in [-0.05, 0) is 43.8 Å². The molecule has 1 amide bonds. The van der Waals surface area contributed by atoms with E-state index in [9.17, 15) is 4.79 Å². The van der Waals surface area contributed by atoms with E-state index in [2.05, 4.69) is 9.89 Å². The van der Waals surface area contributed by atoms with Gasteiger partial charge in [0.15, 0.2) is 5.17 Å². The molecule has 3 heterocycles. The number of carbonyl (C=O) groups is 1. The maximum Gasteiger partial charge on any atom is 0.286 e. The SMILES string of the molecule is CC1CN(C2=NC(=O)/C(=C/c3cn(-c4ccccc4)nc3-c3ccccc3)S2)CC(C)O1. The number of ether oxygens (including phenoxy) is 1. The summed E-state index contributed by atoms with van der Waals surface area (Å²) in [5.74, 6) is -0.205. The summed E-state index contributed by atoms with van der Waals surface area (Å²) in [4.78, 5) is 19.9. The topological polar surface area (TPSA) is 59.7 Å². The number of aliphatic imine (C=N–C) groups is 1. The summed E-state index contributed by atoms with van der Waals surface area (Å²) >= 11 is 1.43. The van der Waals surface area contributed by atoms with Gasteiger partial charge in [-0.1, -0.05) is 48.5 Å². The zero-order valence-corrected chi connectivity index (χ0v) is 18.8. The zero-order valence-electron chi connectivity index (χ0n) is 18.0. The van der Waals surface area contributed by atoms with E-state index in [4.69, 9.17) is 9.84 Å². The highest BCUT2D eigenvalue weighted by molar-refractivity contribution is 8.18. The Hall–Kier alpha value is -3.16. The van der Waals surface area contributed by atoms with Crippen LogP contribution in [0.3, 0.4) is 0 Å². The monoisotopic (exact) mass is 444 g/mol. The van der Waals surface area contributed by atoms with Gasteiger partial charge in [0.2, 0.25) is 0 Å². The fourth-order valence-corrected chi connectivity index (χ4v) is 4.96. The van der Waals surface area contributed by atoms with Gasteiger partial charge in [-0.2, -0.15) is 10.1 Å². The second-order valence-electron chi connectivity index (χ2n) is 8.05. The van der Waals surface area contributed by atoms with Crippen molar-refractivity contribution in [1.29, 1.82) is 0 Å². The van der Waals surface area contributed by atoms with Crippen LogP contribution >= 0.6 is 11.8 Å². The largest absolute Gasteiger partial charge is 0.372 e. The van der Waals surface area contributed by atoms with Crippen molar-refractivity contribution in [2.45, 2.75) is 26.1 Å². The van der Waals surface area contributed by atoms with Crippen molar-refractivity contribution in [3.8, 4) is 16.9 Å². The highest BCUT2D eigenvalue weighted by Crippen LogP contribution is 2.34. The number of aromatic nitrogens is 2. The number of nitrogens with zero attached hydrogens (tertiary/aromatic N) is 4. The minimum absolute atomic E-state index is 0.110. The van der Waals surface area contributed by atoms with Crippen LogP contribution in [0.15, 0.2) is 76.8 Å². The molecule has 1 aromatic heterocycles. The number of rotatable bonds is 3. The number of para-hydroxylation sites is 1. The summed E-state index contributed by atoms with van der Waals surface area (Å²) < 4.78 is 7.67. The molecule has 2 aromatic carbocycles. The van der Waals surface area contributed by atoms with E-state index < -0.39 is 0 Å². The predicted octanol–water partition coefficient (Wildman–Crippen LogP) is 4.62. The van der Waals surface area contributed by atoms with Crippen molar-refractivity contribution in [1.82, 2.24) is 14.7 Å². The van der Waals surface area contributed by atoms with Crippen LogP contribution in [0.1, 0.15) is 19.4 Å². The minimum atomic E-state index is -0.205. The molecule has 2 atom stereocenters. The third-order valence-electron chi connectivity index (χ3n) is 5.40. The van der Waals surface area contributed by atoms with Gasteiger partial charge in [-0.25, -0.2) is 4.68 Å². The van der Waals surface area contributed by atoms with Crippen molar-refractivity contribution in [3.05, 3.63) is 77.3 Å². The Labute approximate surface area is 191 Å². The van der Waals surface area contributed by atoms with E-state index in [0.29, 0.717) is 4.91 Å². The Kier molecular flexibility index (Phi) is 5.68. The van der Waals surface area contributed by atoms with Crippen molar-refractivity contribution in [2.75, 3.05) is 13.1 Å². The number of carbonyl (C=O) groups excluding carboxylic acids is 1. The number of morpholine rings is 1. The smallest absolute Gasteiger partial charge is 0.286 e. The van der Waals surface area contributed by atoms with E-state index >= 15 is 0 Å². The third-order valence-corrected chi connectivity index (χ3v) is 6.44. The van der Waals surface area contributed by atoms with Crippen LogP contribution in [0.5, 0.6) is 0 Å². The Bertz CT molecular complexity index is 1180. The van der Waals surface area contributed by atoms with Crippen molar-refractivity contribution in [3.63, 3.8) is 0 Å². The molecular weight excluding hydrogens is 420 g/mol. The molecule has 0 spiro atoms. The van der Waals surface area contributed by atoms with Crippen molar-refractivity contribution in [2.24, 2.45) is 4.99 Å². The molecule has 0 bridgehead atoms. The molecule has 1 fully saturated rings. The van der Waals surface area contributed by atoms with Crippen LogP contribution < -0.4 is 0 Å². The molecule has 0 radical (unpaired) electrons. The summed E-state index contributed by atoms with van der Waals surface area (Å²) in [6, 6.07) is 20.0. The van der Waals surface area contributed by atoms with E-state index in [1.807, 2.05) is 91.5 Å². The number of amidine groups is 1. The van der Waals surface area contributed by atoms with Crippen LogP contribution in [-0.2, 0) is 9.53 Å². The molecule has 7 heteroatoms.